The number of oxime groups is 1. The number of pyridine rings is 1. The minimum atomic E-state index is 0.0279. The fourth-order valence-corrected chi connectivity index (χ4v) is 2.07. The molecule has 1 aliphatic heterocycles. The number of rotatable bonds is 6. The van der Waals surface area contributed by atoms with E-state index in [2.05, 4.69) is 20.4 Å². The first-order valence-electron chi connectivity index (χ1n) is 6.73. The lowest BCUT2D eigenvalue weighted by Crippen LogP contribution is -2.40. The summed E-state index contributed by atoms with van der Waals surface area (Å²) in [6.07, 6.45) is 1.66. The van der Waals surface area contributed by atoms with E-state index in [1.165, 1.54) is 0 Å². The van der Waals surface area contributed by atoms with Crippen LogP contribution in [0.4, 0.5) is 0 Å². The number of hydrogen-bond donors (Lipinski definition) is 3. The third-order valence-electron chi connectivity index (χ3n) is 3.23. The van der Waals surface area contributed by atoms with Gasteiger partial charge < -0.3 is 21.0 Å². The SMILES string of the molecule is NC(=NO)c1cc(CNCCN2CCOCC2)ccn1. The highest BCUT2D eigenvalue weighted by molar-refractivity contribution is 5.95. The Morgan fingerprint density at radius 3 is 3.05 bits per heavy atom. The molecule has 7 heteroatoms. The second kappa shape index (κ2) is 7.78. The normalized spacial score (nSPS) is 17.3. The van der Waals surface area contributed by atoms with Crippen molar-refractivity contribution in [2.75, 3.05) is 39.4 Å². The van der Waals surface area contributed by atoms with Gasteiger partial charge in [0.2, 0.25) is 0 Å². The van der Waals surface area contributed by atoms with Gasteiger partial charge >= 0.3 is 0 Å². The van der Waals surface area contributed by atoms with Gasteiger partial charge in [-0.25, -0.2) is 0 Å². The molecule has 0 amide bonds. The Kier molecular flexibility index (Phi) is 5.72. The highest BCUT2D eigenvalue weighted by Gasteiger charge is 2.09. The van der Waals surface area contributed by atoms with Gasteiger partial charge in [-0.3, -0.25) is 9.88 Å². The van der Waals surface area contributed by atoms with Crippen molar-refractivity contribution in [3.8, 4) is 0 Å². The Morgan fingerprint density at radius 2 is 2.30 bits per heavy atom. The topological polar surface area (TPSA) is 96.0 Å². The van der Waals surface area contributed by atoms with Crippen molar-refractivity contribution in [3.05, 3.63) is 29.6 Å². The summed E-state index contributed by atoms with van der Waals surface area (Å²) in [5.74, 6) is 0.0279. The van der Waals surface area contributed by atoms with E-state index in [9.17, 15) is 0 Å². The first-order chi connectivity index (χ1) is 9.79. The summed E-state index contributed by atoms with van der Waals surface area (Å²) < 4.78 is 5.31. The quantitative estimate of drug-likeness (QED) is 0.215. The first-order valence-corrected chi connectivity index (χ1v) is 6.73. The van der Waals surface area contributed by atoms with Gasteiger partial charge in [-0.2, -0.15) is 0 Å². The van der Waals surface area contributed by atoms with Gasteiger partial charge in [-0.1, -0.05) is 5.16 Å². The van der Waals surface area contributed by atoms with Crippen LogP contribution < -0.4 is 11.1 Å². The highest BCUT2D eigenvalue weighted by Crippen LogP contribution is 2.01. The summed E-state index contributed by atoms with van der Waals surface area (Å²) in [6.45, 7) is 6.33. The molecule has 0 radical (unpaired) electrons. The number of morpholine rings is 1. The predicted octanol–water partition coefficient (Wildman–Crippen LogP) is -0.402. The monoisotopic (exact) mass is 279 g/mol. The fraction of sp³-hybridized carbons (Fsp3) is 0.538. The van der Waals surface area contributed by atoms with Crippen LogP contribution in [0.3, 0.4) is 0 Å². The zero-order chi connectivity index (χ0) is 14.2. The second-order valence-electron chi connectivity index (χ2n) is 4.67. The molecule has 0 aliphatic carbocycles. The van der Waals surface area contributed by atoms with Crippen LogP contribution in [0.1, 0.15) is 11.3 Å². The lowest BCUT2D eigenvalue weighted by Gasteiger charge is -2.26. The summed E-state index contributed by atoms with van der Waals surface area (Å²) in [6, 6.07) is 3.73. The molecule has 7 nitrogen and oxygen atoms in total. The number of nitrogens with one attached hydrogen (secondary N) is 1. The van der Waals surface area contributed by atoms with E-state index in [4.69, 9.17) is 15.7 Å². The van der Waals surface area contributed by atoms with Crippen LogP contribution in [0.2, 0.25) is 0 Å². The average molecular weight is 279 g/mol. The molecule has 1 aromatic rings. The Bertz CT molecular complexity index is 446. The van der Waals surface area contributed by atoms with Crippen LogP contribution in [-0.2, 0) is 11.3 Å². The standard InChI is InChI=1S/C13H21N5O2/c14-13(17-19)12-9-11(1-2-16-12)10-15-3-4-18-5-7-20-8-6-18/h1-2,9,15,19H,3-8,10H2,(H2,14,17). The number of amidine groups is 1. The summed E-state index contributed by atoms with van der Waals surface area (Å²) >= 11 is 0. The molecule has 20 heavy (non-hydrogen) atoms. The molecule has 2 heterocycles. The number of nitrogens with two attached hydrogens (primary N) is 1. The zero-order valence-electron chi connectivity index (χ0n) is 11.5. The van der Waals surface area contributed by atoms with E-state index >= 15 is 0 Å². The number of aromatic nitrogens is 1. The molecule has 0 atom stereocenters. The average Bonchev–Trinajstić information content (AvgIpc) is 2.52. The second-order valence-corrected chi connectivity index (χ2v) is 4.67. The van der Waals surface area contributed by atoms with Crippen molar-refractivity contribution >= 4 is 5.84 Å². The van der Waals surface area contributed by atoms with Gasteiger partial charge in [-0.15, -0.1) is 0 Å². The third kappa shape index (κ3) is 4.44. The van der Waals surface area contributed by atoms with Crippen LogP contribution >= 0.6 is 0 Å². The maximum Gasteiger partial charge on any atom is 0.188 e. The van der Waals surface area contributed by atoms with E-state index in [-0.39, 0.29) is 5.84 Å². The van der Waals surface area contributed by atoms with E-state index < -0.39 is 0 Å². The lowest BCUT2D eigenvalue weighted by molar-refractivity contribution is 0.0384. The van der Waals surface area contributed by atoms with Crippen molar-refractivity contribution in [1.29, 1.82) is 0 Å². The summed E-state index contributed by atoms with van der Waals surface area (Å²) in [5.41, 5.74) is 7.06. The molecule has 4 N–H and O–H groups in total. The Morgan fingerprint density at radius 1 is 1.50 bits per heavy atom. The summed E-state index contributed by atoms with van der Waals surface area (Å²) in [4.78, 5) is 6.43. The van der Waals surface area contributed by atoms with Crippen LogP contribution in [0.25, 0.3) is 0 Å². The minimum Gasteiger partial charge on any atom is -0.409 e. The van der Waals surface area contributed by atoms with Gasteiger partial charge in [0.15, 0.2) is 5.84 Å². The highest BCUT2D eigenvalue weighted by atomic mass is 16.5. The van der Waals surface area contributed by atoms with E-state index in [0.29, 0.717) is 5.69 Å². The smallest absolute Gasteiger partial charge is 0.188 e. The summed E-state index contributed by atoms with van der Waals surface area (Å²) in [5, 5.41) is 15.0. The first kappa shape index (κ1) is 14.7. The lowest BCUT2D eigenvalue weighted by atomic mass is 10.2. The molecule has 1 saturated heterocycles. The molecule has 0 bridgehead atoms. The zero-order valence-corrected chi connectivity index (χ0v) is 11.5. The predicted molar refractivity (Wildman–Crippen MR) is 75.7 cm³/mol. The van der Waals surface area contributed by atoms with Gasteiger partial charge in [0.05, 0.1) is 13.2 Å². The number of ether oxygens (including phenoxy) is 1. The molecule has 0 spiro atoms. The van der Waals surface area contributed by atoms with Crippen LogP contribution in [0.15, 0.2) is 23.5 Å². The Hall–Kier alpha value is -1.70. The van der Waals surface area contributed by atoms with Crippen LogP contribution in [0, 0.1) is 0 Å². The van der Waals surface area contributed by atoms with Gasteiger partial charge in [-0.05, 0) is 17.7 Å². The Labute approximate surface area is 118 Å². The van der Waals surface area contributed by atoms with Gasteiger partial charge in [0.25, 0.3) is 0 Å². The minimum absolute atomic E-state index is 0.0279. The molecule has 1 aliphatic rings. The maximum absolute atomic E-state index is 8.63. The third-order valence-corrected chi connectivity index (χ3v) is 3.23. The molecule has 1 aromatic heterocycles. The number of nitrogens with zero attached hydrogens (tertiary/aromatic N) is 3. The molecule has 110 valence electrons. The Balaban J connectivity index is 1.73. The van der Waals surface area contributed by atoms with Crippen molar-refractivity contribution < 1.29 is 9.94 Å². The molecule has 1 fully saturated rings. The summed E-state index contributed by atoms with van der Waals surface area (Å²) in [7, 11) is 0. The molecular formula is C13H21N5O2. The van der Waals surface area contributed by atoms with E-state index in [0.717, 1.165) is 51.5 Å². The largest absolute Gasteiger partial charge is 0.409 e. The van der Waals surface area contributed by atoms with Gasteiger partial charge in [0.1, 0.15) is 5.69 Å². The van der Waals surface area contributed by atoms with E-state index in [1.54, 1.807) is 6.20 Å². The molecule has 2 rings (SSSR count). The molecule has 0 unspecified atom stereocenters. The molecular weight excluding hydrogens is 258 g/mol. The molecule has 0 aromatic carbocycles. The molecule has 0 saturated carbocycles. The van der Waals surface area contributed by atoms with Crippen molar-refractivity contribution in [2.24, 2.45) is 10.9 Å². The van der Waals surface area contributed by atoms with Gasteiger partial charge in [0, 0.05) is 38.9 Å². The van der Waals surface area contributed by atoms with Crippen molar-refractivity contribution in [3.63, 3.8) is 0 Å². The van der Waals surface area contributed by atoms with E-state index in [1.807, 2.05) is 12.1 Å². The number of hydrogen-bond acceptors (Lipinski definition) is 6. The fourth-order valence-electron chi connectivity index (χ4n) is 2.07. The maximum atomic E-state index is 8.63. The van der Waals surface area contributed by atoms with Crippen LogP contribution in [-0.4, -0.2) is 60.3 Å². The van der Waals surface area contributed by atoms with Crippen molar-refractivity contribution in [2.45, 2.75) is 6.54 Å². The van der Waals surface area contributed by atoms with Crippen molar-refractivity contribution in [1.82, 2.24) is 15.2 Å². The van der Waals surface area contributed by atoms with Crippen LogP contribution in [0.5, 0.6) is 0 Å².